The Labute approximate surface area is 211 Å². The molecule has 0 aromatic heterocycles. The molecule has 4 aliphatic rings. The standard InChI is InChI=1S/C25H35ClN6O3/c26-19-7-5-18(6-8-19)17-31-24(34)20-3-1-2-4-21(20)32-22(28-29-25(31)32)9-10-23(33)27-11-12-30-13-15-35-16-14-30/h5-8,20-21,25,29H,1-4,9-17H2,(H,27,33). The molecule has 3 fully saturated rings. The van der Waals surface area contributed by atoms with Crippen LogP contribution in [0.1, 0.15) is 44.1 Å². The van der Waals surface area contributed by atoms with Gasteiger partial charge in [-0.3, -0.25) is 24.8 Å². The molecule has 3 atom stereocenters. The lowest BCUT2D eigenvalue weighted by Crippen LogP contribution is -2.67. The van der Waals surface area contributed by atoms with Gasteiger partial charge in [-0.05, 0) is 30.5 Å². The fourth-order valence-corrected chi connectivity index (χ4v) is 5.81. The van der Waals surface area contributed by atoms with Crippen LogP contribution in [0.5, 0.6) is 0 Å². The van der Waals surface area contributed by atoms with Crippen molar-refractivity contribution in [2.24, 2.45) is 11.0 Å². The summed E-state index contributed by atoms with van der Waals surface area (Å²) in [5.74, 6) is 1.08. The van der Waals surface area contributed by atoms with E-state index in [9.17, 15) is 9.59 Å². The maximum absolute atomic E-state index is 13.5. The lowest BCUT2D eigenvalue weighted by molar-refractivity contribution is -0.156. The van der Waals surface area contributed by atoms with Crippen molar-refractivity contribution in [3.05, 3.63) is 34.9 Å². The number of rotatable bonds is 8. The van der Waals surface area contributed by atoms with Gasteiger partial charge in [0.15, 0.2) is 6.29 Å². The van der Waals surface area contributed by atoms with E-state index >= 15 is 0 Å². The number of carbonyl (C=O) groups is 2. The van der Waals surface area contributed by atoms with E-state index in [4.69, 9.17) is 16.3 Å². The number of nitrogens with zero attached hydrogens (tertiary/aromatic N) is 4. The van der Waals surface area contributed by atoms with E-state index in [0.717, 1.165) is 69.9 Å². The molecule has 2 N–H and O–H groups in total. The number of fused-ring (bicyclic) bond motifs is 3. The molecule has 9 nitrogen and oxygen atoms in total. The average Bonchev–Trinajstić information content (AvgIpc) is 3.31. The van der Waals surface area contributed by atoms with Gasteiger partial charge in [0.1, 0.15) is 5.84 Å². The predicted octanol–water partition coefficient (Wildman–Crippen LogP) is 1.97. The quantitative estimate of drug-likeness (QED) is 0.565. The second-order valence-electron chi connectivity index (χ2n) is 9.79. The molecule has 2 saturated heterocycles. The highest BCUT2D eigenvalue weighted by Gasteiger charge is 2.50. The van der Waals surface area contributed by atoms with Crippen LogP contribution in [0.3, 0.4) is 0 Å². The molecule has 5 rings (SSSR count). The van der Waals surface area contributed by atoms with Gasteiger partial charge in [0.25, 0.3) is 0 Å². The third-order valence-corrected chi connectivity index (χ3v) is 7.80. The highest BCUT2D eigenvalue weighted by molar-refractivity contribution is 6.30. The highest BCUT2D eigenvalue weighted by Crippen LogP contribution is 2.38. The summed E-state index contributed by atoms with van der Waals surface area (Å²) in [5, 5.41) is 8.34. The Kier molecular flexibility index (Phi) is 7.75. The van der Waals surface area contributed by atoms with Crippen molar-refractivity contribution in [2.45, 2.75) is 57.4 Å². The van der Waals surface area contributed by atoms with Crippen molar-refractivity contribution in [3.8, 4) is 0 Å². The fraction of sp³-hybridized carbons (Fsp3) is 0.640. The van der Waals surface area contributed by atoms with Gasteiger partial charge in [-0.2, -0.15) is 5.10 Å². The van der Waals surface area contributed by atoms with E-state index < -0.39 is 0 Å². The average molecular weight is 503 g/mol. The molecular formula is C25H35ClN6O3. The number of morpholine rings is 1. The third-order valence-electron chi connectivity index (χ3n) is 7.55. The fourth-order valence-electron chi connectivity index (χ4n) is 5.68. The number of amidine groups is 1. The molecule has 1 aromatic carbocycles. The number of hydrazone groups is 1. The molecule has 35 heavy (non-hydrogen) atoms. The van der Waals surface area contributed by atoms with Gasteiger partial charge in [-0.15, -0.1) is 0 Å². The molecule has 3 heterocycles. The van der Waals surface area contributed by atoms with Crippen molar-refractivity contribution >= 4 is 29.3 Å². The zero-order valence-electron chi connectivity index (χ0n) is 20.1. The lowest BCUT2D eigenvalue weighted by Gasteiger charge is -2.50. The van der Waals surface area contributed by atoms with Crippen LogP contribution in [0.4, 0.5) is 0 Å². The molecule has 190 valence electrons. The molecule has 3 unspecified atom stereocenters. The zero-order chi connectivity index (χ0) is 24.2. The minimum atomic E-state index is -0.308. The summed E-state index contributed by atoms with van der Waals surface area (Å²) < 4.78 is 5.37. The number of amides is 2. The number of hydrogen-bond donors (Lipinski definition) is 2. The minimum Gasteiger partial charge on any atom is -0.379 e. The number of nitrogens with one attached hydrogen (secondary N) is 2. The van der Waals surface area contributed by atoms with Gasteiger partial charge in [-0.25, -0.2) is 0 Å². The first kappa shape index (κ1) is 24.3. The molecule has 0 bridgehead atoms. The lowest BCUT2D eigenvalue weighted by atomic mass is 9.80. The second kappa shape index (κ2) is 11.1. The van der Waals surface area contributed by atoms with Crippen LogP contribution >= 0.6 is 11.6 Å². The summed E-state index contributed by atoms with van der Waals surface area (Å²) in [6, 6.07) is 7.78. The molecule has 1 saturated carbocycles. The SMILES string of the molecule is O=C(CCC1=NNC2N(Cc3ccc(Cl)cc3)C(=O)C3CCCCC3N12)NCCN1CCOCC1. The summed E-state index contributed by atoms with van der Waals surface area (Å²) in [5.41, 5.74) is 4.24. The number of carbonyl (C=O) groups excluding carboxylic acids is 2. The van der Waals surface area contributed by atoms with Crippen molar-refractivity contribution in [1.29, 1.82) is 0 Å². The number of ether oxygens (including phenoxy) is 1. The Balaban J connectivity index is 1.20. The molecule has 3 aliphatic heterocycles. The van der Waals surface area contributed by atoms with Gasteiger partial charge in [0, 0.05) is 56.6 Å². The van der Waals surface area contributed by atoms with Crippen LogP contribution in [-0.2, 0) is 20.9 Å². The smallest absolute Gasteiger partial charge is 0.231 e. The van der Waals surface area contributed by atoms with Crippen LogP contribution < -0.4 is 10.7 Å². The number of benzene rings is 1. The van der Waals surface area contributed by atoms with Crippen molar-refractivity contribution in [1.82, 2.24) is 25.4 Å². The summed E-state index contributed by atoms with van der Waals surface area (Å²) in [6.45, 7) is 5.35. The van der Waals surface area contributed by atoms with Crippen LogP contribution in [0.2, 0.25) is 5.02 Å². The van der Waals surface area contributed by atoms with Gasteiger partial charge >= 0.3 is 0 Å². The van der Waals surface area contributed by atoms with E-state index in [-0.39, 0.29) is 30.1 Å². The maximum atomic E-state index is 13.5. The van der Waals surface area contributed by atoms with E-state index in [1.807, 2.05) is 29.2 Å². The predicted molar refractivity (Wildman–Crippen MR) is 133 cm³/mol. The van der Waals surface area contributed by atoms with Crippen molar-refractivity contribution in [2.75, 3.05) is 39.4 Å². The Bertz CT molecular complexity index is 936. The van der Waals surface area contributed by atoms with Gasteiger partial charge in [-0.1, -0.05) is 36.6 Å². The largest absolute Gasteiger partial charge is 0.379 e. The van der Waals surface area contributed by atoms with Gasteiger partial charge in [0.2, 0.25) is 11.8 Å². The molecule has 1 aromatic rings. The molecular weight excluding hydrogens is 468 g/mol. The van der Waals surface area contributed by atoms with Crippen LogP contribution in [0.15, 0.2) is 29.4 Å². The first-order valence-electron chi connectivity index (χ1n) is 12.8. The Morgan fingerprint density at radius 2 is 1.94 bits per heavy atom. The molecule has 1 aliphatic carbocycles. The zero-order valence-corrected chi connectivity index (χ0v) is 20.9. The van der Waals surface area contributed by atoms with Crippen molar-refractivity contribution < 1.29 is 14.3 Å². The van der Waals surface area contributed by atoms with E-state index in [1.54, 1.807) is 0 Å². The van der Waals surface area contributed by atoms with Gasteiger partial charge in [0.05, 0.1) is 19.1 Å². The summed E-state index contributed by atoms with van der Waals surface area (Å²) in [7, 11) is 0. The summed E-state index contributed by atoms with van der Waals surface area (Å²) in [4.78, 5) is 32.5. The molecule has 0 spiro atoms. The number of halogens is 1. The first-order chi connectivity index (χ1) is 17.1. The topological polar surface area (TPSA) is 89.5 Å². The summed E-state index contributed by atoms with van der Waals surface area (Å²) in [6.07, 6.45) is 4.70. The molecule has 2 amide bonds. The normalized spacial score (nSPS) is 26.6. The number of hydrogen-bond acceptors (Lipinski definition) is 7. The molecule has 10 heteroatoms. The third kappa shape index (κ3) is 5.57. The van der Waals surface area contributed by atoms with Crippen LogP contribution in [0, 0.1) is 5.92 Å². The van der Waals surface area contributed by atoms with E-state index in [2.05, 4.69) is 25.6 Å². The summed E-state index contributed by atoms with van der Waals surface area (Å²) >= 11 is 6.05. The monoisotopic (exact) mass is 502 g/mol. The Morgan fingerprint density at radius 3 is 2.74 bits per heavy atom. The van der Waals surface area contributed by atoms with E-state index in [1.165, 1.54) is 0 Å². The minimum absolute atomic E-state index is 0.0280. The highest BCUT2D eigenvalue weighted by atomic mass is 35.5. The molecule has 0 radical (unpaired) electrons. The van der Waals surface area contributed by atoms with Crippen molar-refractivity contribution in [3.63, 3.8) is 0 Å². The first-order valence-corrected chi connectivity index (χ1v) is 13.2. The van der Waals surface area contributed by atoms with Crippen LogP contribution in [-0.4, -0.2) is 84.1 Å². The Hall–Kier alpha value is -2.36. The van der Waals surface area contributed by atoms with E-state index in [0.29, 0.717) is 31.0 Å². The van der Waals surface area contributed by atoms with Crippen LogP contribution in [0.25, 0.3) is 0 Å². The van der Waals surface area contributed by atoms with Gasteiger partial charge < -0.3 is 15.0 Å². The second-order valence-corrected chi connectivity index (χ2v) is 10.2. The maximum Gasteiger partial charge on any atom is 0.231 e. The Morgan fingerprint density at radius 1 is 1.17 bits per heavy atom.